The Morgan fingerprint density at radius 1 is 0.476 bits per heavy atom. The molecule has 352 valence electrons. The number of imide groups is 2. The standard InChI is InChI=1S/C44H65N3O16/c48-40-10-9-39(42(49)46-40)47-43(50)37-7-4-8-38(41(37)44(47)51)45-11-12-52-13-14-53-15-16-54-17-18-55-19-20-56-21-22-57-23-24-58-25-26-59-27-28-60-29-30-61-31-32-62-33-34-63-35-36-5-2-1-3-6-36/h1-8,39,45H,9-35H2,(H,46,48,49). The third-order valence-corrected chi connectivity index (χ3v) is 9.23. The molecule has 19 nitrogen and oxygen atoms in total. The van der Waals surface area contributed by atoms with Gasteiger partial charge in [-0.25, -0.2) is 0 Å². The molecule has 2 aromatic carbocycles. The van der Waals surface area contributed by atoms with Crippen LogP contribution in [-0.2, 0) is 73.0 Å². The van der Waals surface area contributed by atoms with Crippen molar-refractivity contribution in [1.29, 1.82) is 0 Å². The molecule has 4 rings (SSSR count). The van der Waals surface area contributed by atoms with Crippen LogP contribution in [0.4, 0.5) is 5.69 Å². The number of nitrogens with one attached hydrogen (secondary N) is 2. The Bertz CT molecular complexity index is 1570. The first-order valence-electron chi connectivity index (χ1n) is 21.6. The summed E-state index contributed by atoms with van der Waals surface area (Å²) in [6.07, 6.45) is 0.165. The lowest BCUT2D eigenvalue weighted by molar-refractivity contribution is -0.136. The van der Waals surface area contributed by atoms with Crippen LogP contribution in [0, 0.1) is 0 Å². The molecule has 0 saturated carbocycles. The summed E-state index contributed by atoms with van der Waals surface area (Å²) < 4.78 is 66.2. The number of nitrogens with zero attached hydrogens (tertiary/aromatic N) is 1. The largest absolute Gasteiger partial charge is 0.382 e. The molecule has 4 amide bonds. The van der Waals surface area contributed by atoms with Crippen molar-refractivity contribution in [2.24, 2.45) is 0 Å². The second-order valence-electron chi connectivity index (χ2n) is 13.9. The maximum atomic E-state index is 13.2. The van der Waals surface area contributed by atoms with Crippen molar-refractivity contribution in [3.05, 3.63) is 65.2 Å². The minimum Gasteiger partial charge on any atom is -0.382 e. The Morgan fingerprint density at radius 3 is 1.32 bits per heavy atom. The molecule has 0 spiro atoms. The molecular weight excluding hydrogens is 826 g/mol. The quantitative estimate of drug-likeness (QED) is 0.0724. The van der Waals surface area contributed by atoms with Gasteiger partial charge in [0.15, 0.2) is 0 Å². The molecule has 2 aromatic rings. The lowest BCUT2D eigenvalue weighted by atomic mass is 10.0. The van der Waals surface area contributed by atoms with E-state index in [0.29, 0.717) is 171 Å². The van der Waals surface area contributed by atoms with Crippen LogP contribution in [0.3, 0.4) is 0 Å². The molecule has 19 heteroatoms. The van der Waals surface area contributed by atoms with Gasteiger partial charge < -0.3 is 62.2 Å². The van der Waals surface area contributed by atoms with Gasteiger partial charge in [-0.05, 0) is 24.1 Å². The van der Waals surface area contributed by atoms with Gasteiger partial charge in [0.1, 0.15) is 6.04 Å². The maximum absolute atomic E-state index is 13.2. The first-order valence-corrected chi connectivity index (χ1v) is 21.6. The lowest BCUT2D eigenvalue weighted by Crippen LogP contribution is -2.54. The van der Waals surface area contributed by atoms with E-state index in [1.54, 1.807) is 18.2 Å². The highest BCUT2D eigenvalue weighted by Gasteiger charge is 2.45. The third-order valence-electron chi connectivity index (χ3n) is 9.23. The molecule has 0 radical (unpaired) electrons. The molecule has 0 aromatic heterocycles. The topological polar surface area (TPSA) is 206 Å². The highest BCUT2D eigenvalue weighted by Crippen LogP contribution is 2.32. The summed E-state index contributed by atoms with van der Waals surface area (Å²) in [5.41, 5.74) is 2.05. The zero-order chi connectivity index (χ0) is 44.4. The molecule has 1 atom stereocenters. The number of hydrogen-bond acceptors (Lipinski definition) is 17. The molecule has 2 N–H and O–H groups in total. The van der Waals surface area contributed by atoms with Crippen LogP contribution in [0.25, 0.3) is 0 Å². The van der Waals surface area contributed by atoms with Crippen LogP contribution >= 0.6 is 0 Å². The summed E-state index contributed by atoms with van der Waals surface area (Å²) in [7, 11) is 0. The van der Waals surface area contributed by atoms with E-state index in [-0.39, 0.29) is 24.0 Å². The normalized spacial score (nSPS) is 15.0. The molecular formula is C44H65N3O16. The van der Waals surface area contributed by atoms with Crippen LogP contribution in [-0.4, -0.2) is 193 Å². The summed E-state index contributed by atoms with van der Waals surface area (Å²) in [6.45, 7) is 11.7. The summed E-state index contributed by atoms with van der Waals surface area (Å²) in [5.74, 6) is -2.17. The van der Waals surface area contributed by atoms with Crippen molar-refractivity contribution in [2.75, 3.05) is 164 Å². The average molecular weight is 892 g/mol. The predicted molar refractivity (Wildman–Crippen MR) is 227 cm³/mol. The number of hydrogen-bond donors (Lipinski definition) is 2. The second kappa shape index (κ2) is 33.5. The number of carbonyl (C=O) groups is 4. The number of fused-ring (bicyclic) bond motifs is 1. The molecule has 1 unspecified atom stereocenters. The number of rotatable bonds is 40. The fourth-order valence-corrected chi connectivity index (χ4v) is 6.10. The fourth-order valence-electron chi connectivity index (χ4n) is 6.10. The van der Waals surface area contributed by atoms with E-state index in [0.717, 1.165) is 10.5 Å². The number of piperidine rings is 1. The van der Waals surface area contributed by atoms with E-state index in [1.807, 2.05) is 30.3 Å². The fraction of sp³-hybridized carbons (Fsp3) is 0.636. The minimum atomic E-state index is -1.01. The SMILES string of the molecule is O=C1CCC(N2C(=O)c3cccc(NCCOCCOCCOCCOCCOCCOCCOCCOCCOCCOCCOCCOCc4ccccc4)c3C2=O)C(=O)N1. The number of amides is 4. The molecule has 63 heavy (non-hydrogen) atoms. The second-order valence-corrected chi connectivity index (χ2v) is 13.9. The zero-order valence-corrected chi connectivity index (χ0v) is 36.3. The maximum Gasteiger partial charge on any atom is 0.264 e. The Hall–Kier alpha value is -3.96. The summed E-state index contributed by atoms with van der Waals surface area (Å²) in [4.78, 5) is 50.9. The van der Waals surface area contributed by atoms with Crippen molar-refractivity contribution in [3.63, 3.8) is 0 Å². The highest BCUT2D eigenvalue weighted by molar-refractivity contribution is 6.25. The third kappa shape index (κ3) is 21.5. The van der Waals surface area contributed by atoms with Gasteiger partial charge >= 0.3 is 0 Å². The summed E-state index contributed by atoms with van der Waals surface area (Å²) in [5, 5.41) is 5.33. The molecule has 1 fully saturated rings. The smallest absolute Gasteiger partial charge is 0.264 e. The van der Waals surface area contributed by atoms with Crippen LogP contribution in [0.5, 0.6) is 0 Å². The molecule has 0 aliphatic carbocycles. The molecule has 0 bridgehead atoms. The first-order chi connectivity index (χ1) is 31.1. The number of ether oxygens (including phenoxy) is 12. The number of carbonyl (C=O) groups excluding carboxylic acids is 4. The van der Waals surface area contributed by atoms with Gasteiger partial charge in [0.2, 0.25) is 11.8 Å². The summed E-state index contributed by atoms with van der Waals surface area (Å²) in [6, 6.07) is 13.9. The van der Waals surface area contributed by atoms with Gasteiger partial charge in [-0.15, -0.1) is 0 Å². The van der Waals surface area contributed by atoms with E-state index < -0.39 is 29.7 Å². The van der Waals surface area contributed by atoms with E-state index in [1.165, 1.54) is 0 Å². The monoisotopic (exact) mass is 891 g/mol. The molecule has 2 heterocycles. The van der Waals surface area contributed by atoms with Crippen LogP contribution in [0.1, 0.15) is 39.1 Å². The van der Waals surface area contributed by atoms with Crippen molar-refractivity contribution >= 4 is 29.3 Å². The van der Waals surface area contributed by atoms with Crippen molar-refractivity contribution in [2.45, 2.75) is 25.5 Å². The zero-order valence-electron chi connectivity index (χ0n) is 36.3. The van der Waals surface area contributed by atoms with Crippen LogP contribution in [0.2, 0.25) is 0 Å². The van der Waals surface area contributed by atoms with Gasteiger partial charge in [0.05, 0.1) is 170 Å². The van der Waals surface area contributed by atoms with Gasteiger partial charge in [0, 0.05) is 18.7 Å². The first kappa shape index (κ1) is 51.7. The number of anilines is 1. The number of benzene rings is 2. The molecule has 1 saturated heterocycles. The molecule has 2 aliphatic rings. The Balaban J connectivity index is 0.795. The predicted octanol–water partition coefficient (Wildman–Crippen LogP) is 1.90. The summed E-state index contributed by atoms with van der Waals surface area (Å²) >= 11 is 0. The van der Waals surface area contributed by atoms with Gasteiger partial charge in [-0.3, -0.25) is 29.4 Å². The van der Waals surface area contributed by atoms with Crippen LogP contribution < -0.4 is 10.6 Å². The van der Waals surface area contributed by atoms with Gasteiger partial charge in [-0.1, -0.05) is 36.4 Å². The lowest BCUT2D eigenvalue weighted by Gasteiger charge is -2.27. The highest BCUT2D eigenvalue weighted by atomic mass is 16.6. The average Bonchev–Trinajstić information content (AvgIpc) is 3.55. The van der Waals surface area contributed by atoms with Gasteiger partial charge in [-0.2, -0.15) is 0 Å². The van der Waals surface area contributed by atoms with Crippen molar-refractivity contribution in [1.82, 2.24) is 10.2 Å². The van der Waals surface area contributed by atoms with Crippen molar-refractivity contribution < 1.29 is 76.0 Å². The van der Waals surface area contributed by atoms with E-state index in [2.05, 4.69) is 10.6 Å². The molecule has 2 aliphatic heterocycles. The Morgan fingerprint density at radius 2 is 0.889 bits per heavy atom. The Kier molecular flexibility index (Phi) is 27.5. The van der Waals surface area contributed by atoms with Gasteiger partial charge in [0.25, 0.3) is 11.8 Å². The Labute approximate surface area is 369 Å². The van der Waals surface area contributed by atoms with E-state index >= 15 is 0 Å². The van der Waals surface area contributed by atoms with Crippen molar-refractivity contribution in [3.8, 4) is 0 Å². The van der Waals surface area contributed by atoms with E-state index in [4.69, 9.17) is 56.8 Å². The van der Waals surface area contributed by atoms with Crippen LogP contribution in [0.15, 0.2) is 48.5 Å². The van der Waals surface area contributed by atoms with E-state index in [9.17, 15) is 19.2 Å². The minimum absolute atomic E-state index is 0.0638.